The topological polar surface area (TPSA) is 50.7 Å². The maximum absolute atomic E-state index is 12.2. The van der Waals surface area contributed by atoms with Gasteiger partial charge in [-0.05, 0) is 30.2 Å². The molecule has 21 heavy (non-hydrogen) atoms. The molecule has 3 rings (SSSR count). The Labute approximate surface area is 123 Å². The Morgan fingerprint density at radius 1 is 1.19 bits per heavy atom. The van der Waals surface area contributed by atoms with Gasteiger partial charge in [0, 0.05) is 12.1 Å². The molecule has 2 aromatic rings. The van der Waals surface area contributed by atoms with Gasteiger partial charge in [-0.15, -0.1) is 0 Å². The van der Waals surface area contributed by atoms with Gasteiger partial charge in [-0.3, -0.25) is 4.79 Å². The highest BCUT2D eigenvalue weighted by atomic mass is 16.6. The average Bonchev–Trinajstić information content (AvgIpc) is 2.98. The van der Waals surface area contributed by atoms with Gasteiger partial charge in [0.1, 0.15) is 0 Å². The van der Waals surface area contributed by atoms with Crippen LogP contribution in [0.15, 0.2) is 59.8 Å². The zero-order valence-electron chi connectivity index (χ0n) is 11.7. The van der Waals surface area contributed by atoms with Crippen molar-refractivity contribution in [2.45, 2.75) is 19.4 Å². The van der Waals surface area contributed by atoms with Crippen molar-refractivity contribution in [3.05, 3.63) is 65.7 Å². The van der Waals surface area contributed by atoms with Crippen LogP contribution in [0.25, 0.3) is 0 Å². The fourth-order valence-corrected chi connectivity index (χ4v) is 2.26. The van der Waals surface area contributed by atoms with Crippen molar-refractivity contribution in [2.75, 3.05) is 5.32 Å². The SMILES string of the molecule is Cc1cccc(NC(=O)C2CC(c3ccccc3)=NO2)c1. The van der Waals surface area contributed by atoms with E-state index in [1.807, 2.05) is 61.5 Å². The molecule has 1 aliphatic rings. The minimum Gasteiger partial charge on any atom is -0.382 e. The van der Waals surface area contributed by atoms with E-state index in [1.54, 1.807) is 0 Å². The summed E-state index contributed by atoms with van der Waals surface area (Å²) in [5, 5.41) is 6.88. The number of carbonyl (C=O) groups is 1. The van der Waals surface area contributed by atoms with Gasteiger partial charge in [-0.25, -0.2) is 0 Å². The van der Waals surface area contributed by atoms with Gasteiger partial charge >= 0.3 is 0 Å². The number of nitrogens with one attached hydrogen (secondary N) is 1. The lowest BCUT2D eigenvalue weighted by Crippen LogP contribution is -2.28. The van der Waals surface area contributed by atoms with Crippen LogP contribution in [-0.4, -0.2) is 17.7 Å². The number of oxime groups is 1. The zero-order chi connectivity index (χ0) is 14.7. The van der Waals surface area contributed by atoms with E-state index >= 15 is 0 Å². The van der Waals surface area contributed by atoms with Gasteiger partial charge in [0.15, 0.2) is 0 Å². The Hall–Kier alpha value is -2.62. The predicted molar refractivity (Wildman–Crippen MR) is 82.3 cm³/mol. The second-order valence-corrected chi connectivity index (χ2v) is 5.06. The van der Waals surface area contributed by atoms with E-state index < -0.39 is 6.10 Å². The summed E-state index contributed by atoms with van der Waals surface area (Å²) in [5.74, 6) is -0.171. The second-order valence-electron chi connectivity index (χ2n) is 5.06. The van der Waals surface area contributed by atoms with Crippen LogP contribution < -0.4 is 5.32 Å². The summed E-state index contributed by atoms with van der Waals surface area (Å²) in [4.78, 5) is 17.5. The molecule has 0 fully saturated rings. The Bertz CT molecular complexity index is 680. The maximum atomic E-state index is 12.2. The third-order valence-corrected chi connectivity index (χ3v) is 3.35. The Balaban J connectivity index is 1.64. The summed E-state index contributed by atoms with van der Waals surface area (Å²) >= 11 is 0. The largest absolute Gasteiger partial charge is 0.382 e. The number of hydrogen-bond acceptors (Lipinski definition) is 3. The molecule has 1 N–H and O–H groups in total. The summed E-state index contributed by atoms with van der Waals surface area (Å²) < 4.78 is 0. The molecule has 0 spiro atoms. The van der Waals surface area contributed by atoms with Crippen LogP contribution in [0, 0.1) is 6.92 Å². The van der Waals surface area contributed by atoms with Gasteiger partial charge in [-0.1, -0.05) is 47.6 Å². The molecule has 4 heteroatoms. The molecule has 0 saturated heterocycles. The smallest absolute Gasteiger partial charge is 0.268 e. The van der Waals surface area contributed by atoms with Crippen LogP contribution in [0.4, 0.5) is 5.69 Å². The summed E-state index contributed by atoms with van der Waals surface area (Å²) in [5.41, 5.74) is 3.67. The number of amides is 1. The van der Waals surface area contributed by atoms with Crippen LogP contribution in [0.2, 0.25) is 0 Å². The highest BCUT2D eigenvalue weighted by molar-refractivity contribution is 6.06. The van der Waals surface area contributed by atoms with E-state index in [9.17, 15) is 4.79 Å². The molecule has 0 aromatic heterocycles. The molecule has 1 aliphatic heterocycles. The van der Waals surface area contributed by atoms with Crippen molar-refractivity contribution >= 4 is 17.3 Å². The molecule has 1 amide bonds. The summed E-state index contributed by atoms with van der Waals surface area (Å²) in [6.45, 7) is 1.98. The Kier molecular flexibility index (Phi) is 3.69. The number of rotatable bonds is 3. The summed E-state index contributed by atoms with van der Waals surface area (Å²) in [6.07, 6.45) is -0.0810. The molecule has 1 atom stereocenters. The van der Waals surface area contributed by atoms with Crippen molar-refractivity contribution in [3.8, 4) is 0 Å². The van der Waals surface area contributed by atoms with Crippen LogP contribution >= 0.6 is 0 Å². The number of benzene rings is 2. The predicted octanol–water partition coefficient (Wildman–Crippen LogP) is 3.13. The van der Waals surface area contributed by atoms with Gasteiger partial charge < -0.3 is 10.2 Å². The van der Waals surface area contributed by atoms with Crippen LogP contribution in [0.5, 0.6) is 0 Å². The quantitative estimate of drug-likeness (QED) is 0.939. The Morgan fingerprint density at radius 2 is 2.00 bits per heavy atom. The lowest BCUT2D eigenvalue weighted by Gasteiger charge is -2.09. The number of anilines is 1. The number of nitrogens with zero attached hydrogens (tertiary/aromatic N) is 1. The fraction of sp³-hybridized carbons (Fsp3) is 0.176. The van der Waals surface area contributed by atoms with Crippen molar-refractivity contribution < 1.29 is 9.63 Å². The average molecular weight is 280 g/mol. The molecule has 0 bridgehead atoms. The normalized spacial score (nSPS) is 17.0. The summed E-state index contributed by atoms with van der Waals surface area (Å²) in [6, 6.07) is 17.4. The van der Waals surface area contributed by atoms with E-state index in [0.717, 1.165) is 22.5 Å². The molecular weight excluding hydrogens is 264 g/mol. The van der Waals surface area contributed by atoms with E-state index in [1.165, 1.54) is 0 Å². The number of aryl methyl sites for hydroxylation is 1. The van der Waals surface area contributed by atoms with E-state index in [2.05, 4.69) is 10.5 Å². The lowest BCUT2D eigenvalue weighted by molar-refractivity contribution is -0.125. The van der Waals surface area contributed by atoms with E-state index in [4.69, 9.17) is 4.84 Å². The monoisotopic (exact) mass is 280 g/mol. The van der Waals surface area contributed by atoms with Gasteiger partial charge in [0.25, 0.3) is 5.91 Å². The van der Waals surface area contributed by atoms with Gasteiger partial charge in [0.2, 0.25) is 6.10 Å². The molecule has 0 saturated carbocycles. The maximum Gasteiger partial charge on any atom is 0.268 e. The van der Waals surface area contributed by atoms with Crippen LogP contribution in [-0.2, 0) is 9.63 Å². The third kappa shape index (κ3) is 3.11. The molecule has 2 aromatic carbocycles. The van der Waals surface area contributed by atoms with Crippen molar-refractivity contribution in [3.63, 3.8) is 0 Å². The number of hydrogen-bond donors (Lipinski definition) is 1. The zero-order valence-corrected chi connectivity index (χ0v) is 11.7. The third-order valence-electron chi connectivity index (χ3n) is 3.35. The fourth-order valence-electron chi connectivity index (χ4n) is 2.26. The first-order valence-corrected chi connectivity index (χ1v) is 6.88. The van der Waals surface area contributed by atoms with Gasteiger partial charge in [0.05, 0.1) is 5.71 Å². The first kappa shape index (κ1) is 13.4. The molecule has 0 radical (unpaired) electrons. The minimum atomic E-state index is -0.569. The summed E-state index contributed by atoms with van der Waals surface area (Å²) in [7, 11) is 0. The second kappa shape index (κ2) is 5.79. The highest BCUT2D eigenvalue weighted by Gasteiger charge is 2.28. The standard InChI is InChI=1S/C17H16N2O2/c1-12-6-5-9-14(10-12)18-17(20)16-11-15(19-21-16)13-7-3-2-4-8-13/h2-10,16H,11H2,1H3,(H,18,20). The van der Waals surface area contributed by atoms with E-state index in [0.29, 0.717) is 6.42 Å². The first-order chi connectivity index (χ1) is 10.2. The molecule has 1 unspecified atom stereocenters. The van der Waals surface area contributed by atoms with Crippen molar-refractivity contribution in [2.24, 2.45) is 5.16 Å². The van der Waals surface area contributed by atoms with Crippen LogP contribution in [0.3, 0.4) is 0 Å². The van der Waals surface area contributed by atoms with E-state index in [-0.39, 0.29) is 5.91 Å². The van der Waals surface area contributed by atoms with Crippen molar-refractivity contribution in [1.82, 2.24) is 0 Å². The minimum absolute atomic E-state index is 0.171. The van der Waals surface area contributed by atoms with Crippen LogP contribution in [0.1, 0.15) is 17.5 Å². The van der Waals surface area contributed by atoms with Crippen molar-refractivity contribution in [1.29, 1.82) is 0 Å². The molecule has 0 aliphatic carbocycles. The van der Waals surface area contributed by atoms with Gasteiger partial charge in [-0.2, -0.15) is 0 Å². The number of carbonyl (C=O) groups excluding carboxylic acids is 1. The molecule has 4 nitrogen and oxygen atoms in total. The molecular formula is C17H16N2O2. The lowest BCUT2D eigenvalue weighted by atomic mass is 10.0. The Morgan fingerprint density at radius 3 is 2.76 bits per heavy atom. The highest BCUT2D eigenvalue weighted by Crippen LogP contribution is 2.18. The molecule has 106 valence electrons. The first-order valence-electron chi connectivity index (χ1n) is 6.88. The molecule has 1 heterocycles.